The lowest BCUT2D eigenvalue weighted by Crippen LogP contribution is -2.30. The first-order chi connectivity index (χ1) is 23.4. The molecule has 270 valence electrons. The monoisotopic (exact) mass is 650 g/mol. The molecule has 0 radical (unpaired) electrons. The van der Waals surface area contributed by atoms with E-state index in [1.165, 1.54) is 173 Å². The first-order valence-electron chi connectivity index (χ1n) is 20.7. The van der Waals surface area contributed by atoms with Crippen molar-refractivity contribution in [3.8, 4) is 0 Å². The highest BCUT2D eigenvalue weighted by Gasteiger charge is 2.08. The molecule has 0 aliphatic rings. The summed E-state index contributed by atoms with van der Waals surface area (Å²) in [5.74, 6) is 0. The maximum Gasteiger partial charge on any atom is 0.0921 e. The van der Waals surface area contributed by atoms with Crippen LogP contribution in [0.3, 0.4) is 0 Å². The zero-order valence-corrected chi connectivity index (χ0v) is 31.5. The maximum atomic E-state index is 4.15. The first-order valence-corrected chi connectivity index (χ1v) is 20.7. The summed E-state index contributed by atoms with van der Waals surface area (Å²) < 4.78 is 0. The van der Waals surface area contributed by atoms with Gasteiger partial charge in [-0.25, -0.2) is 4.98 Å². The zero-order chi connectivity index (χ0) is 33.6. The van der Waals surface area contributed by atoms with Crippen molar-refractivity contribution in [1.82, 2.24) is 15.3 Å². The van der Waals surface area contributed by atoms with Crippen LogP contribution in [-0.4, -0.2) is 22.6 Å². The molecule has 0 bridgehead atoms. The van der Waals surface area contributed by atoms with E-state index in [9.17, 15) is 0 Å². The van der Waals surface area contributed by atoms with E-state index in [4.69, 9.17) is 0 Å². The summed E-state index contributed by atoms with van der Waals surface area (Å²) in [6.45, 7) is 5.70. The Morgan fingerprint density at radius 3 is 1.43 bits per heavy atom. The number of aryl methyl sites for hydroxylation is 1. The van der Waals surface area contributed by atoms with Gasteiger partial charge in [-0.05, 0) is 103 Å². The number of nitrogens with zero attached hydrogens (tertiary/aromatic N) is 1. The van der Waals surface area contributed by atoms with Crippen LogP contribution >= 0.6 is 0 Å². The lowest BCUT2D eigenvalue weighted by atomic mass is 9.99. The van der Waals surface area contributed by atoms with Crippen LogP contribution in [0.2, 0.25) is 0 Å². The van der Waals surface area contributed by atoms with Crippen molar-refractivity contribution in [3.63, 3.8) is 0 Å². The van der Waals surface area contributed by atoms with Gasteiger partial charge < -0.3 is 10.3 Å². The lowest BCUT2D eigenvalue weighted by molar-refractivity contribution is 0.407. The molecule has 0 saturated carbocycles. The molecule has 0 aliphatic heterocycles. The van der Waals surface area contributed by atoms with Crippen molar-refractivity contribution in [2.75, 3.05) is 6.54 Å². The fourth-order valence-corrected chi connectivity index (χ4v) is 6.27. The van der Waals surface area contributed by atoms with Gasteiger partial charge >= 0.3 is 0 Å². The summed E-state index contributed by atoms with van der Waals surface area (Å²) in [5.41, 5.74) is 1.27. The molecule has 47 heavy (non-hydrogen) atoms. The van der Waals surface area contributed by atoms with Crippen molar-refractivity contribution in [2.24, 2.45) is 0 Å². The third-order valence-corrected chi connectivity index (χ3v) is 9.37. The van der Waals surface area contributed by atoms with Gasteiger partial charge in [0.05, 0.1) is 6.33 Å². The van der Waals surface area contributed by atoms with E-state index in [-0.39, 0.29) is 0 Å². The molecule has 1 aromatic rings. The Kier molecular flexibility index (Phi) is 33.9. The maximum absolute atomic E-state index is 4.15. The topological polar surface area (TPSA) is 40.7 Å². The number of allylic oxidation sites excluding steroid dienone is 8. The van der Waals surface area contributed by atoms with Crippen LogP contribution in [0.25, 0.3) is 0 Å². The van der Waals surface area contributed by atoms with Gasteiger partial charge in [-0.15, -0.1) is 0 Å². The fourth-order valence-electron chi connectivity index (χ4n) is 6.27. The summed E-state index contributed by atoms with van der Waals surface area (Å²) in [4.78, 5) is 7.39. The van der Waals surface area contributed by atoms with E-state index in [1.54, 1.807) is 6.33 Å². The van der Waals surface area contributed by atoms with Crippen molar-refractivity contribution >= 4 is 0 Å². The van der Waals surface area contributed by atoms with Crippen molar-refractivity contribution < 1.29 is 0 Å². The molecule has 0 aliphatic carbocycles. The molecule has 0 amide bonds. The highest BCUT2D eigenvalue weighted by Crippen LogP contribution is 2.16. The highest BCUT2D eigenvalue weighted by atomic mass is 14.9. The van der Waals surface area contributed by atoms with Gasteiger partial charge in [0.25, 0.3) is 0 Å². The molecule has 2 N–H and O–H groups in total. The van der Waals surface area contributed by atoms with Gasteiger partial charge in [0.1, 0.15) is 0 Å². The highest BCUT2D eigenvalue weighted by molar-refractivity contribution is 4.94. The molecule has 0 aromatic carbocycles. The normalized spacial score (nSPS) is 13.0. The van der Waals surface area contributed by atoms with Crippen LogP contribution in [0, 0.1) is 0 Å². The van der Waals surface area contributed by atoms with E-state index in [0.717, 1.165) is 25.8 Å². The van der Waals surface area contributed by atoms with Crippen molar-refractivity contribution in [1.29, 1.82) is 0 Å². The van der Waals surface area contributed by atoms with Gasteiger partial charge in [0.15, 0.2) is 0 Å². The van der Waals surface area contributed by atoms with E-state index in [0.29, 0.717) is 6.04 Å². The molecule has 0 unspecified atom stereocenters. The third-order valence-electron chi connectivity index (χ3n) is 9.37. The number of rotatable bonds is 36. The van der Waals surface area contributed by atoms with Gasteiger partial charge in [-0.2, -0.15) is 0 Å². The molecule has 0 atom stereocenters. The second-order valence-electron chi connectivity index (χ2n) is 13.9. The molecule has 1 heterocycles. The van der Waals surface area contributed by atoms with Crippen molar-refractivity contribution in [2.45, 2.75) is 206 Å². The first kappa shape index (κ1) is 43.2. The Balaban J connectivity index is 2.09. The number of nitrogens with one attached hydrogen (secondary N) is 2. The van der Waals surface area contributed by atoms with Crippen LogP contribution in [0.15, 0.2) is 61.1 Å². The second-order valence-corrected chi connectivity index (χ2v) is 13.9. The Bertz CT molecular complexity index is 786. The summed E-state index contributed by atoms with van der Waals surface area (Å²) in [6.07, 6.45) is 61.0. The number of aromatic amines is 1. The minimum Gasteiger partial charge on any atom is -0.348 e. The predicted octanol–water partition coefficient (Wildman–Crippen LogP) is 14.1. The standard InChI is InChI=1S/C44H79N3/c1-3-5-7-9-11-13-15-17-19-21-23-25-27-29-31-33-37-43(46-40-36-35-39-44-41-45-42-47-44)38-34-32-30-28-26-24-22-20-18-16-14-12-10-8-6-4-2/h11-14,17-20,41-43,46H,3-10,15-16,21-40H2,1-2H3,(H,45,47). The van der Waals surface area contributed by atoms with Crippen LogP contribution in [0.1, 0.15) is 199 Å². The Morgan fingerprint density at radius 2 is 0.979 bits per heavy atom. The fraction of sp³-hybridized carbons (Fsp3) is 0.750. The SMILES string of the molecule is CCCCCC=CCC=CCCCCCCCCC(CCCCCCCCC=CCC=CCCCCC)NCCCCc1cnc[nH]1. The molecule has 1 rings (SSSR count). The minimum atomic E-state index is 0.707. The molecule has 0 fully saturated rings. The Morgan fingerprint density at radius 1 is 0.532 bits per heavy atom. The second kappa shape index (κ2) is 37.0. The van der Waals surface area contributed by atoms with Crippen LogP contribution in [-0.2, 0) is 6.42 Å². The smallest absolute Gasteiger partial charge is 0.0921 e. The molecule has 3 nitrogen and oxygen atoms in total. The number of unbranched alkanes of at least 4 members (excludes halogenated alkanes) is 19. The van der Waals surface area contributed by atoms with E-state index in [1.807, 2.05) is 6.20 Å². The van der Waals surface area contributed by atoms with Crippen LogP contribution in [0.4, 0.5) is 0 Å². The van der Waals surface area contributed by atoms with Gasteiger partial charge in [-0.1, -0.05) is 152 Å². The quantitative estimate of drug-likeness (QED) is 0.0561. The van der Waals surface area contributed by atoms with Crippen molar-refractivity contribution in [3.05, 3.63) is 66.8 Å². The lowest BCUT2D eigenvalue weighted by Gasteiger charge is -2.19. The van der Waals surface area contributed by atoms with Gasteiger partial charge in [0, 0.05) is 17.9 Å². The largest absolute Gasteiger partial charge is 0.348 e. The summed E-state index contributed by atoms with van der Waals surface area (Å²) in [7, 11) is 0. The number of imidazole rings is 1. The Hall–Kier alpha value is -1.87. The number of H-pyrrole nitrogens is 1. The van der Waals surface area contributed by atoms with Crippen LogP contribution < -0.4 is 5.32 Å². The summed E-state index contributed by atoms with van der Waals surface area (Å²) >= 11 is 0. The summed E-state index contributed by atoms with van der Waals surface area (Å²) in [5, 5.41) is 3.95. The molecule has 0 saturated heterocycles. The van der Waals surface area contributed by atoms with Gasteiger partial charge in [-0.3, -0.25) is 0 Å². The average Bonchev–Trinajstić information content (AvgIpc) is 3.61. The summed E-state index contributed by atoms with van der Waals surface area (Å²) in [6, 6.07) is 0.707. The van der Waals surface area contributed by atoms with Crippen LogP contribution in [0.5, 0.6) is 0 Å². The molecular formula is C44H79N3. The predicted molar refractivity (Wildman–Crippen MR) is 211 cm³/mol. The van der Waals surface area contributed by atoms with E-state index < -0.39 is 0 Å². The number of hydrogen-bond acceptors (Lipinski definition) is 2. The van der Waals surface area contributed by atoms with E-state index in [2.05, 4.69) is 77.7 Å². The number of hydrogen-bond donors (Lipinski definition) is 2. The number of aromatic nitrogens is 2. The molecule has 0 spiro atoms. The third kappa shape index (κ3) is 32.5. The average molecular weight is 650 g/mol. The zero-order valence-electron chi connectivity index (χ0n) is 31.5. The molecule has 1 aromatic heterocycles. The van der Waals surface area contributed by atoms with Gasteiger partial charge in [0.2, 0.25) is 0 Å². The molecular weight excluding hydrogens is 571 g/mol. The Labute approximate surface area is 294 Å². The minimum absolute atomic E-state index is 0.707. The molecule has 3 heteroatoms. The van der Waals surface area contributed by atoms with E-state index >= 15 is 0 Å².